The standard InChI is InChI=1S/C21H28N2O/c1-4-21-11-9-18-16(15-7-5-6-8-17(15)22(18)3)10-12-23(14-21)13-20(2)19(21)24-20/h5-8,19H,4,9-14H2,1-3H3/t19-,20-,21+/m1/s1. The molecule has 0 spiro atoms. The minimum absolute atomic E-state index is 0.118. The fraction of sp³-hybridized carbons (Fsp3) is 0.619. The molecular weight excluding hydrogens is 296 g/mol. The van der Waals surface area contributed by atoms with E-state index >= 15 is 0 Å². The molecule has 2 bridgehead atoms. The molecule has 4 atom stereocenters. The number of hydrogen-bond donors (Lipinski definition) is 0. The molecule has 2 saturated heterocycles. The molecule has 1 aromatic heterocycles. The highest BCUT2D eigenvalue weighted by Gasteiger charge is 2.65. The van der Waals surface area contributed by atoms with Crippen LogP contribution < -0.4 is 0 Å². The van der Waals surface area contributed by atoms with Crippen LogP contribution in [0.4, 0.5) is 0 Å². The number of nitrogens with zero attached hydrogens (tertiary/aromatic N) is 2. The Balaban J connectivity index is 1.61. The van der Waals surface area contributed by atoms with Gasteiger partial charge >= 0.3 is 0 Å². The molecular formula is C21H28N2O. The molecule has 0 N–H and O–H groups in total. The third kappa shape index (κ3) is 1.91. The van der Waals surface area contributed by atoms with Gasteiger partial charge in [0.05, 0.1) is 6.10 Å². The van der Waals surface area contributed by atoms with Crippen molar-refractivity contribution < 1.29 is 4.74 Å². The molecule has 0 amide bonds. The lowest BCUT2D eigenvalue weighted by atomic mass is 9.71. The zero-order valence-electron chi connectivity index (χ0n) is 15.1. The van der Waals surface area contributed by atoms with Crippen LogP contribution in [0.5, 0.6) is 0 Å². The highest BCUT2D eigenvalue weighted by atomic mass is 16.6. The first-order valence-electron chi connectivity index (χ1n) is 9.52. The maximum atomic E-state index is 6.25. The summed E-state index contributed by atoms with van der Waals surface area (Å²) in [6.45, 7) is 8.18. The maximum Gasteiger partial charge on any atom is 0.105 e. The average Bonchev–Trinajstić information content (AvgIpc) is 3.19. The molecule has 4 heterocycles. The summed E-state index contributed by atoms with van der Waals surface area (Å²) < 4.78 is 8.70. The molecule has 0 saturated carbocycles. The van der Waals surface area contributed by atoms with Gasteiger partial charge in [-0.25, -0.2) is 0 Å². The Morgan fingerprint density at radius 3 is 2.88 bits per heavy atom. The zero-order chi connectivity index (χ0) is 16.5. The minimum Gasteiger partial charge on any atom is -0.364 e. The molecule has 24 heavy (non-hydrogen) atoms. The number of fused-ring (bicyclic) bond motifs is 7. The van der Waals surface area contributed by atoms with Crippen molar-refractivity contribution in [1.29, 1.82) is 0 Å². The topological polar surface area (TPSA) is 20.7 Å². The van der Waals surface area contributed by atoms with Crippen molar-refractivity contribution in [2.45, 2.75) is 51.2 Å². The Bertz CT molecular complexity index is 810. The molecule has 3 aliphatic heterocycles. The average molecular weight is 324 g/mol. The summed E-state index contributed by atoms with van der Waals surface area (Å²) in [5.41, 5.74) is 4.99. The number of para-hydroxylation sites is 1. The van der Waals surface area contributed by atoms with E-state index in [-0.39, 0.29) is 5.60 Å². The van der Waals surface area contributed by atoms with Crippen molar-refractivity contribution in [2.24, 2.45) is 12.5 Å². The second-order valence-corrected chi connectivity index (χ2v) is 8.49. The minimum atomic E-state index is 0.118. The molecule has 128 valence electrons. The molecule has 0 radical (unpaired) electrons. The molecule has 1 aromatic carbocycles. The van der Waals surface area contributed by atoms with Gasteiger partial charge in [-0.05, 0) is 44.2 Å². The maximum absolute atomic E-state index is 6.25. The number of hydrogen-bond acceptors (Lipinski definition) is 2. The van der Waals surface area contributed by atoms with Gasteiger partial charge in [-0.3, -0.25) is 4.90 Å². The highest BCUT2D eigenvalue weighted by Crippen LogP contribution is 2.55. The van der Waals surface area contributed by atoms with Gasteiger partial charge in [0.1, 0.15) is 5.60 Å². The first-order chi connectivity index (χ1) is 11.6. The monoisotopic (exact) mass is 324 g/mol. The first-order valence-corrected chi connectivity index (χ1v) is 9.52. The van der Waals surface area contributed by atoms with Gasteiger partial charge in [-0.15, -0.1) is 0 Å². The number of rotatable bonds is 1. The Morgan fingerprint density at radius 1 is 1.21 bits per heavy atom. The van der Waals surface area contributed by atoms with Crippen LogP contribution in [-0.2, 0) is 24.6 Å². The van der Waals surface area contributed by atoms with E-state index in [0.29, 0.717) is 11.5 Å². The quantitative estimate of drug-likeness (QED) is 0.748. The summed E-state index contributed by atoms with van der Waals surface area (Å²) >= 11 is 0. The second kappa shape index (κ2) is 4.86. The zero-order valence-corrected chi connectivity index (χ0v) is 15.1. The van der Waals surface area contributed by atoms with Crippen LogP contribution in [0.1, 0.15) is 37.9 Å². The molecule has 0 aliphatic carbocycles. The van der Waals surface area contributed by atoms with Crippen molar-refractivity contribution >= 4 is 10.9 Å². The summed E-state index contributed by atoms with van der Waals surface area (Å²) in [4.78, 5) is 2.68. The fourth-order valence-electron chi connectivity index (χ4n) is 5.76. The summed E-state index contributed by atoms with van der Waals surface area (Å²) in [5.74, 6) is 0. The second-order valence-electron chi connectivity index (χ2n) is 8.49. The largest absolute Gasteiger partial charge is 0.364 e. The van der Waals surface area contributed by atoms with Crippen molar-refractivity contribution in [2.75, 3.05) is 19.6 Å². The van der Waals surface area contributed by atoms with Crippen LogP contribution in [0.15, 0.2) is 24.3 Å². The van der Waals surface area contributed by atoms with E-state index in [2.05, 4.69) is 54.6 Å². The first kappa shape index (κ1) is 15.0. The van der Waals surface area contributed by atoms with Crippen LogP contribution in [0, 0.1) is 5.41 Å². The van der Waals surface area contributed by atoms with E-state index in [1.54, 1.807) is 11.3 Å². The predicted molar refractivity (Wildman–Crippen MR) is 97.4 cm³/mol. The van der Waals surface area contributed by atoms with Crippen LogP contribution >= 0.6 is 0 Å². The lowest BCUT2D eigenvalue weighted by Gasteiger charge is -2.41. The summed E-state index contributed by atoms with van der Waals surface area (Å²) in [7, 11) is 2.25. The number of piperidine rings is 1. The van der Waals surface area contributed by atoms with E-state index in [9.17, 15) is 0 Å². The van der Waals surface area contributed by atoms with Crippen molar-refractivity contribution in [3.05, 3.63) is 35.5 Å². The molecule has 2 fully saturated rings. The third-order valence-electron chi connectivity index (χ3n) is 7.10. The van der Waals surface area contributed by atoms with E-state index < -0.39 is 0 Å². The Morgan fingerprint density at radius 2 is 2.04 bits per heavy atom. The van der Waals surface area contributed by atoms with E-state index in [0.717, 1.165) is 19.5 Å². The van der Waals surface area contributed by atoms with Crippen molar-refractivity contribution in [1.82, 2.24) is 9.47 Å². The summed E-state index contributed by atoms with van der Waals surface area (Å²) in [6.07, 6.45) is 5.29. The van der Waals surface area contributed by atoms with E-state index in [1.165, 1.54) is 36.7 Å². The third-order valence-corrected chi connectivity index (χ3v) is 7.10. The van der Waals surface area contributed by atoms with Gasteiger partial charge in [-0.2, -0.15) is 0 Å². The normalized spacial score (nSPS) is 38.0. The SMILES string of the molecule is CC[C@]12CCc3c(c4ccccc4n3C)CCN(C1)C[C@@]1(C)O[C@@H]21. The van der Waals surface area contributed by atoms with Crippen LogP contribution in [0.2, 0.25) is 0 Å². The van der Waals surface area contributed by atoms with Crippen molar-refractivity contribution in [3.63, 3.8) is 0 Å². The molecule has 3 heteroatoms. The van der Waals surface area contributed by atoms with Gasteiger partial charge in [0.25, 0.3) is 0 Å². The molecule has 3 nitrogen and oxygen atoms in total. The lowest BCUT2D eigenvalue weighted by molar-refractivity contribution is 0.0841. The summed E-state index contributed by atoms with van der Waals surface area (Å²) in [5, 5.41) is 1.46. The Kier molecular flexibility index (Phi) is 3.03. The van der Waals surface area contributed by atoms with Gasteiger partial charge in [-0.1, -0.05) is 25.1 Å². The number of aryl methyl sites for hydroxylation is 1. The van der Waals surface area contributed by atoms with Crippen LogP contribution in [-0.4, -0.2) is 40.8 Å². The van der Waals surface area contributed by atoms with E-state index in [4.69, 9.17) is 4.74 Å². The summed E-state index contributed by atoms with van der Waals surface area (Å²) in [6, 6.07) is 8.93. The smallest absolute Gasteiger partial charge is 0.105 e. The van der Waals surface area contributed by atoms with Gasteiger partial charge in [0.2, 0.25) is 0 Å². The molecule has 5 rings (SSSR count). The van der Waals surface area contributed by atoms with E-state index in [1.807, 2.05) is 0 Å². The number of benzene rings is 1. The van der Waals surface area contributed by atoms with Crippen LogP contribution in [0.3, 0.4) is 0 Å². The molecule has 3 aliphatic rings. The highest BCUT2D eigenvalue weighted by molar-refractivity contribution is 5.85. The van der Waals surface area contributed by atoms with Gasteiger partial charge in [0.15, 0.2) is 0 Å². The number of epoxide rings is 1. The van der Waals surface area contributed by atoms with Gasteiger partial charge in [0, 0.05) is 48.7 Å². The molecule has 2 aromatic rings. The number of aromatic nitrogens is 1. The van der Waals surface area contributed by atoms with Crippen molar-refractivity contribution in [3.8, 4) is 0 Å². The Labute approximate surface area is 144 Å². The predicted octanol–water partition coefficient (Wildman–Crippen LogP) is 3.54. The molecule has 1 unspecified atom stereocenters. The van der Waals surface area contributed by atoms with Crippen LogP contribution in [0.25, 0.3) is 10.9 Å². The number of ether oxygens (including phenoxy) is 1. The van der Waals surface area contributed by atoms with Gasteiger partial charge < -0.3 is 9.30 Å². The Hall–Kier alpha value is -1.32. The lowest BCUT2D eigenvalue weighted by Crippen LogP contribution is -2.52. The fourth-order valence-corrected chi connectivity index (χ4v) is 5.76.